The number of rotatable bonds is 3. The van der Waals surface area contributed by atoms with Crippen LogP contribution in [-0.4, -0.2) is 47.8 Å². The fourth-order valence-electron chi connectivity index (χ4n) is 3.00. The average Bonchev–Trinajstić information content (AvgIpc) is 3.07. The molecule has 1 saturated heterocycles. The fraction of sp³-hybridized carbons (Fsp3) is 0.444. The molecule has 1 aromatic heterocycles. The molecule has 5 nitrogen and oxygen atoms in total. The quantitative estimate of drug-likeness (QED) is 0.869. The van der Waals surface area contributed by atoms with Gasteiger partial charge < -0.3 is 9.80 Å². The Morgan fingerprint density at radius 3 is 2.58 bits per heavy atom. The monoisotopic (exact) mass is 330 g/mol. The van der Waals surface area contributed by atoms with E-state index in [1.54, 1.807) is 24.0 Å². The van der Waals surface area contributed by atoms with E-state index < -0.39 is 0 Å². The van der Waals surface area contributed by atoms with Gasteiger partial charge in [0.15, 0.2) is 0 Å². The van der Waals surface area contributed by atoms with Crippen molar-refractivity contribution in [3.05, 3.63) is 47.5 Å². The second-order valence-corrected chi connectivity index (χ2v) is 6.56. The van der Waals surface area contributed by atoms with Crippen LogP contribution in [0.5, 0.6) is 0 Å². The smallest absolute Gasteiger partial charge is 0.253 e. The first kappa shape index (κ1) is 16.5. The Balaban J connectivity index is 1.63. The normalized spacial score (nSPS) is 15.6. The number of aromatic nitrogens is 2. The molecule has 24 heavy (non-hydrogen) atoms. The molecular formula is C18H23FN4O. The Bertz CT molecular complexity index is 732. The first-order valence-corrected chi connectivity index (χ1v) is 8.22. The standard InChI is InChI=1S/C18H23FN4O/c1-13-4-5-14(10-17(13)19)18(24)22-8-6-15(7-9-22)23-12-16(11-20-23)21(2)3/h4-5,10-12,15H,6-9H2,1-3H3. The van der Waals surface area contributed by atoms with Crippen LogP contribution >= 0.6 is 0 Å². The number of hydrogen-bond donors (Lipinski definition) is 0. The molecule has 0 N–H and O–H groups in total. The van der Waals surface area contributed by atoms with Crippen LogP contribution in [0.15, 0.2) is 30.6 Å². The summed E-state index contributed by atoms with van der Waals surface area (Å²) in [6, 6.07) is 4.99. The van der Waals surface area contributed by atoms with Crippen LogP contribution in [0.25, 0.3) is 0 Å². The van der Waals surface area contributed by atoms with Crippen molar-refractivity contribution in [3.63, 3.8) is 0 Å². The fourth-order valence-corrected chi connectivity index (χ4v) is 3.00. The van der Waals surface area contributed by atoms with E-state index in [1.165, 1.54) is 6.07 Å². The minimum Gasteiger partial charge on any atom is -0.375 e. The van der Waals surface area contributed by atoms with Crippen molar-refractivity contribution in [2.24, 2.45) is 0 Å². The lowest BCUT2D eigenvalue weighted by Gasteiger charge is -2.32. The van der Waals surface area contributed by atoms with Crippen molar-refractivity contribution in [1.29, 1.82) is 0 Å². The third-order valence-corrected chi connectivity index (χ3v) is 4.65. The van der Waals surface area contributed by atoms with E-state index in [2.05, 4.69) is 5.10 Å². The lowest BCUT2D eigenvalue weighted by molar-refractivity contribution is 0.0689. The highest BCUT2D eigenvalue weighted by Crippen LogP contribution is 2.25. The Kier molecular flexibility index (Phi) is 4.55. The summed E-state index contributed by atoms with van der Waals surface area (Å²) in [6.07, 6.45) is 5.60. The van der Waals surface area contributed by atoms with Gasteiger partial charge in [0, 0.05) is 38.9 Å². The van der Waals surface area contributed by atoms with Gasteiger partial charge >= 0.3 is 0 Å². The molecule has 0 aliphatic carbocycles. The van der Waals surface area contributed by atoms with Crippen LogP contribution < -0.4 is 4.90 Å². The van der Waals surface area contributed by atoms with Crippen molar-refractivity contribution >= 4 is 11.6 Å². The van der Waals surface area contributed by atoms with Gasteiger partial charge in [-0.1, -0.05) is 6.07 Å². The SMILES string of the molecule is Cc1ccc(C(=O)N2CCC(n3cc(N(C)C)cn3)CC2)cc1F. The third kappa shape index (κ3) is 3.27. The van der Waals surface area contributed by atoms with E-state index in [4.69, 9.17) is 0 Å². The van der Waals surface area contributed by atoms with E-state index in [-0.39, 0.29) is 11.7 Å². The summed E-state index contributed by atoms with van der Waals surface area (Å²) < 4.78 is 15.7. The molecule has 0 radical (unpaired) electrons. The Morgan fingerprint density at radius 1 is 1.29 bits per heavy atom. The zero-order chi connectivity index (χ0) is 17.3. The Morgan fingerprint density at radius 2 is 2.00 bits per heavy atom. The van der Waals surface area contributed by atoms with Gasteiger partial charge in [0.2, 0.25) is 0 Å². The molecule has 0 bridgehead atoms. The van der Waals surface area contributed by atoms with Gasteiger partial charge in [-0.3, -0.25) is 9.48 Å². The summed E-state index contributed by atoms with van der Waals surface area (Å²) in [5, 5.41) is 4.43. The van der Waals surface area contributed by atoms with Crippen LogP contribution in [-0.2, 0) is 0 Å². The van der Waals surface area contributed by atoms with Gasteiger partial charge in [0.25, 0.3) is 5.91 Å². The third-order valence-electron chi connectivity index (χ3n) is 4.65. The van der Waals surface area contributed by atoms with E-state index >= 15 is 0 Å². The summed E-state index contributed by atoms with van der Waals surface area (Å²) in [5.41, 5.74) is 2.05. The van der Waals surface area contributed by atoms with E-state index in [1.807, 2.05) is 36.1 Å². The number of amides is 1. The number of carbonyl (C=O) groups excluding carboxylic acids is 1. The minimum absolute atomic E-state index is 0.0956. The van der Waals surface area contributed by atoms with Crippen LogP contribution in [0.1, 0.15) is 34.8 Å². The first-order chi connectivity index (χ1) is 11.5. The molecule has 1 aliphatic heterocycles. The number of aryl methyl sites for hydroxylation is 1. The predicted octanol–water partition coefficient (Wildman–Crippen LogP) is 2.87. The largest absolute Gasteiger partial charge is 0.375 e. The van der Waals surface area contributed by atoms with E-state index in [0.717, 1.165) is 18.5 Å². The highest BCUT2D eigenvalue weighted by Gasteiger charge is 2.25. The van der Waals surface area contributed by atoms with Crippen molar-refractivity contribution in [2.75, 3.05) is 32.1 Å². The molecule has 3 rings (SSSR count). The van der Waals surface area contributed by atoms with Crippen LogP contribution in [0, 0.1) is 12.7 Å². The molecule has 6 heteroatoms. The number of anilines is 1. The molecule has 1 fully saturated rings. The van der Waals surface area contributed by atoms with Crippen molar-refractivity contribution in [1.82, 2.24) is 14.7 Å². The van der Waals surface area contributed by atoms with Crippen molar-refractivity contribution in [2.45, 2.75) is 25.8 Å². The summed E-state index contributed by atoms with van der Waals surface area (Å²) >= 11 is 0. The molecule has 0 saturated carbocycles. The van der Waals surface area contributed by atoms with E-state index in [0.29, 0.717) is 30.3 Å². The zero-order valence-electron chi connectivity index (χ0n) is 14.4. The molecule has 0 unspecified atom stereocenters. The van der Waals surface area contributed by atoms with Gasteiger partial charge in [-0.25, -0.2) is 4.39 Å². The van der Waals surface area contributed by atoms with Crippen molar-refractivity contribution < 1.29 is 9.18 Å². The number of halogens is 1. The van der Waals surface area contributed by atoms with E-state index in [9.17, 15) is 9.18 Å². The number of piperidine rings is 1. The second-order valence-electron chi connectivity index (χ2n) is 6.56. The number of likely N-dealkylation sites (tertiary alicyclic amines) is 1. The molecule has 0 spiro atoms. The Hall–Kier alpha value is -2.37. The number of benzene rings is 1. The first-order valence-electron chi connectivity index (χ1n) is 8.22. The van der Waals surface area contributed by atoms with Crippen molar-refractivity contribution in [3.8, 4) is 0 Å². The molecule has 2 aromatic rings. The molecule has 2 heterocycles. The predicted molar refractivity (Wildman–Crippen MR) is 91.9 cm³/mol. The number of hydrogen-bond acceptors (Lipinski definition) is 3. The van der Waals surface area contributed by atoms with Gasteiger partial charge in [0.1, 0.15) is 5.82 Å². The number of nitrogens with zero attached hydrogens (tertiary/aromatic N) is 4. The highest BCUT2D eigenvalue weighted by molar-refractivity contribution is 5.94. The summed E-state index contributed by atoms with van der Waals surface area (Å²) in [4.78, 5) is 16.4. The van der Waals surface area contributed by atoms with Crippen LogP contribution in [0.3, 0.4) is 0 Å². The zero-order valence-corrected chi connectivity index (χ0v) is 14.4. The molecule has 1 amide bonds. The Labute approximate surface area is 141 Å². The van der Waals surface area contributed by atoms with Crippen LogP contribution in [0.4, 0.5) is 10.1 Å². The molecule has 1 aromatic carbocycles. The summed E-state index contributed by atoms with van der Waals surface area (Å²) in [7, 11) is 3.98. The summed E-state index contributed by atoms with van der Waals surface area (Å²) in [6.45, 7) is 3.02. The lowest BCUT2D eigenvalue weighted by Crippen LogP contribution is -2.39. The second kappa shape index (κ2) is 6.63. The van der Waals surface area contributed by atoms with Gasteiger partial charge in [-0.05, 0) is 37.5 Å². The lowest BCUT2D eigenvalue weighted by atomic mass is 10.0. The molecule has 1 aliphatic rings. The van der Waals surface area contributed by atoms with Gasteiger partial charge in [0.05, 0.1) is 17.9 Å². The van der Waals surface area contributed by atoms with Gasteiger partial charge in [-0.15, -0.1) is 0 Å². The summed E-state index contributed by atoms with van der Waals surface area (Å²) in [5.74, 6) is -0.426. The number of carbonyl (C=O) groups is 1. The maximum absolute atomic E-state index is 13.7. The highest BCUT2D eigenvalue weighted by atomic mass is 19.1. The minimum atomic E-state index is -0.330. The maximum Gasteiger partial charge on any atom is 0.253 e. The molecule has 0 atom stereocenters. The topological polar surface area (TPSA) is 41.4 Å². The average molecular weight is 330 g/mol. The van der Waals surface area contributed by atoms with Gasteiger partial charge in [-0.2, -0.15) is 5.10 Å². The molecular weight excluding hydrogens is 307 g/mol. The maximum atomic E-state index is 13.7. The van der Waals surface area contributed by atoms with Crippen LogP contribution in [0.2, 0.25) is 0 Å². The molecule has 128 valence electrons.